The van der Waals surface area contributed by atoms with Crippen molar-refractivity contribution in [2.75, 3.05) is 20.7 Å². The summed E-state index contributed by atoms with van der Waals surface area (Å²) in [5, 5.41) is 31.0. The van der Waals surface area contributed by atoms with Crippen molar-refractivity contribution in [3.05, 3.63) is 34.4 Å². The monoisotopic (exact) mass is 327 g/mol. The van der Waals surface area contributed by atoms with Gasteiger partial charge in [0.25, 0.3) is 0 Å². The van der Waals surface area contributed by atoms with Crippen molar-refractivity contribution >= 4 is 0 Å². The van der Waals surface area contributed by atoms with E-state index < -0.39 is 0 Å². The number of aryl methyl sites for hydroxylation is 1. The van der Waals surface area contributed by atoms with Gasteiger partial charge < -0.3 is 20.1 Å². The minimum atomic E-state index is -0.201. The number of benzene rings is 2. The molecule has 2 aliphatic rings. The second kappa shape index (κ2) is 5.05. The number of hydrogen-bond donors (Lipinski definition) is 3. The summed E-state index contributed by atoms with van der Waals surface area (Å²) in [6, 6.07) is 3.84. The molecule has 5 heteroatoms. The van der Waals surface area contributed by atoms with Crippen LogP contribution in [0.4, 0.5) is 0 Å². The Morgan fingerprint density at radius 2 is 1.92 bits per heavy atom. The quantitative estimate of drug-likeness (QED) is 0.703. The van der Waals surface area contributed by atoms with Crippen LogP contribution in [0.25, 0.3) is 11.1 Å². The molecular formula is C19H21NO4. The van der Waals surface area contributed by atoms with Crippen molar-refractivity contribution in [3.63, 3.8) is 0 Å². The van der Waals surface area contributed by atoms with E-state index in [2.05, 4.69) is 11.9 Å². The van der Waals surface area contributed by atoms with Gasteiger partial charge in [0, 0.05) is 23.7 Å². The van der Waals surface area contributed by atoms with Crippen LogP contribution in [0.2, 0.25) is 0 Å². The minimum absolute atomic E-state index is 0.0670. The summed E-state index contributed by atoms with van der Waals surface area (Å²) in [5.41, 5.74) is 5.44. The Labute approximate surface area is 140 Å². The van der Waals surface area contributed by atoms with E-state index in [0.29, 0.717) is 12.2 Å². The summed E-state index contributed by atoms with van der Waals surface area (Å²) in [5.74, 6) is 0.311. The topological polar surface area (TPSA) is 73.2 Å². The van der Waals surface area contributed by atoms with Crippen molar-refractivity contribution in [2.45, 2.75) is 25.8 Å². The van der Waals surface area contributed by atoms with Crippen LogP contribution in [0.5, 0.6) is 23.0 Å². The van der Waals surface area contributed by atoms with Crippen LogP contribution in [0.3, 0.4) is 0 Å². The van der Waals surface area contributed by atoms with E-state index in [1.807, 2.05) is 13.0 Å². The molecule has 1 unspecified atom stereocenters. The zero-order valence-corrected chi connectivity index (χ0v) is 14.1. The van der Waals surface area contributed by atoms with Crippen LogP contribution >= 0.6 is 0 Å². The Balaban J connectivity index is 2.13. The molecule has 3 N–H and O–H groups in total. The van der Waals surface area contributed by atoms with Gasteiger partial charge in [0.1, 0.15) is 5.75 Å². The number of likely N-dealkylation sites (N-methyl/N-ethyl adjacent to an activating group) is 1. The van der Waals surface area contributed by atoms with Gasteiger partial charge in [-0.2, -0.15) is 0 Å². The van der Waals surface area contributed by atoms with Crippen LogP contribution in [-0.2, 0) is 12.8 Å². The number of methoxy groups -OCH3 is 1. The lowest BCUT2D eigenvalue weighted by Crippen LogP contribution is -2.35. The van der Waals surface area contributed by atoms with Gasteiger partial charge in [-0.15, -0.1) is 0 Å². The maximum absolute atomic E-state index is 10.5. The molecule has 1 atom stereocenters. The SMILES string of the molecule is COc1c(O)c(O)c2c3c1-c1cc(C)c(O)cc1CC3N(C)CC2. The fraction of sp³-hybridized carbons (Fsp3) is 0.368. The summed E-state index contributed by atoms with van der Waals surface area (Å²) in [6.07, 6.45) is 1.44. The van der Waals surface area contributed by atoms with Crippen molar-refractivity contribution in [2.24, 2.45) is 0 Å². The van der Waals surface area contributed by atoms with E-state index in [1.54, 1.807) is 6.07 Å². The van der Waals surface area contributed by atoms with Gasteiger partial charge in [0.05, 0.1) is 7.11 Å². The maximum Gasteiger partial charge on any atom is 0.201 e. The first-order valence-electron chi connectivity index (χ1n) is 8.11. The molecule has 2 aromatic rings. The highest BCUT2D eigenvalue weighted by Gasteiger charge is 2.38. The Morgan fingerprint density at radius 1 is 1.17 bits per heavy atom. The first-order chi connectivity index (χ1) is 11.4. The van der Waals surface area contributed by atoms with Gasteiger partial charge in [0.2, 0.25) is 5.75 Å². The minimum Gasteiger partial charge on any atom is -0.508 e. The third-order valence-electron chi connectivity index (χ3n) is 5.44. The van der Waals surface area contributed by atoms with Crippen molar-refractivity contribution in [1.82, 2.24) is 4.90 Å². The lowest BCUT2D eigenvalue weighted by atomic mass is 9.75. The summed E-state index contributed by atoms with van der Waals surface area (Å²) < 4.78 is 5.47. The number of phenols is 3. The van der Waals surface area contributed by atoms with Gasteiger partial charge in [-0.3, -0.25) is 4.90 Å². The van der Waals surface area contributed by atoms with Gasteiger partial charge in [-0.25, -0.2) is 0 Å². The zero-order chi connectivity index (χ0) is 17.2. The highest BCUT2D eigenvalue weighted by atomic mass is 16.5. The highest BCUT2D eigenvalue weighted by molar-refractivity contribution is 5.86. The Bertz CT molecular complexity index is 859. The highest BCUT2D eigenvalue weighted by Crippen LogP contribution is 2.56. The van der Waals surface area contributed by atoms with E-state index >= 15 is 0 Å². The molecule has 0 spiro atoms. The van der Waals surface area contributed by atoms with Gasteiger partial charge >= 0.3 is 0 Å². The molecule has 1 heterocycles. The smallest absolute Gasteiger partial charge is 0.201 e. The molecule has 126 valence electrons. The molecule has 5 nitrogen and oxygen atoms in total. The summed E-state index contributed by atoms with van der Waals surface area (Å²) in [6.45, 7) is 2.66. The second-order valence-corrected chi connectivity index (χ2v) is 6.74. The van der Waals surface area contributed by atoms with Gasteiger partial charge in [-0.1, -0.05) is 0 Å². The second-order valence-electron chi connectivity index (χ2n) is 6.74. The average molecular weight is 327 g/mol. The number of ether oxygens (including phenoxy) is 1. The molecule has 4 rings (SSSR count). The lowest BCUT2D eigenvalue weighted by molar-refractivity contribution is 0.223. The van der Waals surface area contributed by atoms with Crippen molar-refractivity contribution in [3.8, 4) is 34.1 Å². The molecule has 2 aromatic carbocycles. The molecular weight excluding hydrogens is 306 g/mol. The third-order valence-corrected chi connectivity index (χ3v) is 5.44. The molecule has 0 fully saturated rings. The van der Waals surface area contributed by atoms with E-state index in [0.717, 1.165) is 46.3 Å². The number of phenolic OH excluding ortho intramolecular Hbond substituents is 3. The molecule has 0 amide bonds. The van der Waals surface area contributed by atoms with E-state index in [9.17, 15) is 15.3 Å². The molecule has 0 bridgehead atoms. The molecule has 0 saturated heterocycles. The van der Waals surface area contributed by atoms with Crippen molar-refractivity contribution < 1.29 is 20.1 Å². The first kappa shape index (κ1) is 15.1. The predicted octanol–water partition coefficient (Wildman–Crippen LogP) is 2.87. The molecule has 0 aromatic heterocycles. The van der Waals surface area contributed by atoms with E-state index in [-0.39, 0.29) is 23.3 Å². The Morgan fingerprint density at radius 3 is 2.62 bits per heavy atom. The standard InChI is InChI=1S/C19H21NO4/c1-9-6-12-10(8-14(9)21)7-13-15-11(4-5-20(13)2)17(22)18(23)19(24-3)16(12)15/h6,8,13,21-23H,4-5,7H2,1-3H3. The number of fused-ring (bicyclic) bond motifs is 2. The van der Waals surface area contributed by atoms with Crippen LogP contribution in [0.15, 0.2) is 12.1 Å². The Hall–Kier alpha value is -2.40. The predicted molar refractivity (Wildman–Crippen MR) is 90.9 cm³/mol. The number of hydrogen-bond acceptors (Lipinski definition) is 5. The number of rotatable bonds is 1. The van der Waals surface area contributed by atoms with E-state index in [4.69, 9.17) is 4.74 Å². The zero-order valence-electron chi connectivity index (χ0n) is 14.1. The van der Waals surface area contributed by atoms with Crippen LogP contribution in [0.1, 0.15) is 28.3 Å². The summed E-state index contributed by atoms with van der Waals surface area (Å²) in [4.78, 5) is 2.25. The van der Waals surface area contributed by atoms with Gasteiger partial charge in [-0.05, 0) is 61.2 Å². The third kappa shape index (κ3) is 1.85. The summed E-state index contributed by atoms with van der Waals surface area (Å²) in [7, 11) is 3.56. The molecule has 24 heavy (non-hydrogen) atoms. The lowest BCUT2D eigenvalue weighted by Gasteiger charge is -2.40. The average Bonchev–Trinajstić information content (AvgIpc) is 2.56. The van der Waals surface area contributed by atoms with Crippen LogP contribution in [-0.4, -0.2) is 40.9 Å². The molecule has 0 saturated carbocycles. The Kier molecular flexibility index (Phi) is 3.18. The van der Waals surface area contributed by atoms with E-state index in [1.165, 1.54) is 7.11 Å². The first-order valence-corrected chi connectivity index (χ1v) is 8.11. The largest absolute Gasteiger partial charge is 0.508 e. The fourth-order valence-corrected chi connectivity index (χ4v) is 4.13. The number of aromatic hydroxyl groups is 3. The van der Waals surface area contributed by atoms with Crippen LogP contribution in [0, 0.1) is 6.92 Å². The summed E-state index contributed by atoms with van der Waals surface area (Å²) >= 11 is 0. The van der Waals surface area contributed by atoms with Crippen LogP contribution < -0.4 is 4.74 Å². The molecule has 1 aliphatic carbocycles. The fourth-order valence-electron chi connectivity index (χ4n) is 4.13. The maximum atomic E-state index is 10.5. The van der Waals surface area contributed by atoms with Gasteiger partial charge in [0.15, 0.2) is 11.5 Å². The normalized spacial score (nSPS) is 18.9. The molecule has 0 radical (unpaired) electrons. The van der Waals surface area contributed by atoms with Crippen molar-refractivity contribution in [1.29, 1.82) is 0 Å². The number of nitrogens with zero attached hydrogens (tertiary/aromatic N) is 1. The molecule has 1 aliphatic heterocycles.